The molecule has 1 N–H and O–H groups in total. The van der Waals surface area contributed by atoms with Crippen LogP contribution in [0.25, 0.3) is 55.2 Å². The first-order valence-electron chi connectivity index (χ1n) is 12.0. The smallest absolute Gasteiger partial charge is 0.0471 e. The normalized spacial score (nSPS) is 13.8. The molecule has 0 atom stereocenters. The van der Waals surface area contributed by atoms with Gasteiger partial charge in [0, 0.05) is 27.2 Å². The molecule has 0 amide bonds. The molecule has 0 bridgehead atoms. The van der Waals surface area contributed by atoms with E-state index >= 15 is 0 Å². The number of rotatable bonds is 2. The van der Waals surface area contributed by atoms with E-state index in [0.29, 0.717) is 0 Å². The first-order chi connectivity index (χ1) is 16.6. The summed E-state index contributed by atoms with van der Waals surface area (Å²) in [7, 11) is 0. The molecule has 0 saturated carbocycles. The third-order valence-electron chi connectivity index (χ3n) is 7.62. The van der Waals surface area contributed by atoms with Gasteiger partial charge in [-0.05, 0) is 68.8 Å². The van der Waals surface area contributed by atoms with Crippen molar-refractivity contribution in [2.24, 2.45) is 0 Å². The number of hydrogen-bond acceptors (Lipinski definition) is 0. The van der Waals surface area contributed by atoms with Crippen molar-refractivity contribution < 1.29 is 0 Å². The van der Waals surface area contributed by atoms with E-state index in [1.165, 1.54) is 66.3 Å². The number of nitrogens with one attached hydrogen (secondary N) is 1. The predicted octanol–water partition coefficient (Wildman–Crippen LogP) is 8.96. The topological polar surface area (TPSA) is 15.8 Å². The third-order valence-corrected chi connectivity index (χ3v) is 7.62. The van der Waals surface area contributed by atoms with E-state index < -0.39 is 0 Å². The van der Waals surface area contributed by atoms with Crippen LogP contribution < -0.4 is 0 Å². The molecular formula is C33H25N. The fourth-order valence-electron chi connectivity index (χ4n) is 5.80. The molecule has 1 heteroatoms. The molecule has 6 aromatic rings. The lowest BCUT2D eigenvalue weighted by Gasteiger charge is -2.22. The van der Waals surface area contributed by atoms with Crippen LogP contribution in [-0.4, -0.2) is 4.98 Å². The van der Waals surface area contributed by atoms with E-state index in [2.05, 4.69) is 128 Å². The summed E-state index contributed by atoms with van der Waals surface area (Å²) in [5, 5.41) is 2.55. The van der Waals surface area contributed by atoms with Crippen molar-refractivity contribution in [3.8, 4) is 33.4 Å². The monoisotopic (exact) mass is 435 g/mol. The highest BCUT2D eigenvalue weighted by Crippen LogP contribution is 2.49. The summed E-state index contributed by atoms with van der Waals surface area (Å²) < 4.78 is 0. The molecule has 1 aromatic heterocycles. The van der Waals surface area contributed by atoms with Gasteiger partial charge in [0.25, 0.3) is 0 Å². The van der Waals surface area contributed by atoms with Crippen LogP contribution in [0.4, 0.5) is 0 Å². The number of benzene rings is 5. The summed E-state index contributed by atoms with van der Waals surface area (Å²) in [6.07, 6.45) is 0. The van der Waals surface area contributed by atoms with E-state index in [0.717, 1.165) is 0 Å². The number of aromatic nitrogens is 1. The largest absolute Gasteiger partial charge is 0.354 e. The van der Waals surface area contributed by atoms with Crippen molar-refractivity contribution in [3.05, 3.63) is 120 Å². The minimum atomic E-state index is 0.0141. The third kappa shape index (κ3) is 2.74. The zero-order chi connectivity index (χ0) is 22.9. The summed E-state index contributed by atoms with van der Waals surface area (Å²) >= 11 is 0. The van der Waals surface area contributed by atoms with Gasteiger partial charge < -0.3 is 4.98 Å². The second-order valence-corrected chi connectivity index (χ2v) is 9.94. The molecule has 7 rings (SSSR count). The Hall–Kier alpha value is -4.10. The first kappa shape index (κ1) is 19.4. The van der Waals surface area contributed by atoms with Crippen LogP contribution in [0.1, 0.15) is 25.0 Å². The number of H-pyrrole nitrogens is 1. The minimum absolute atomic E-state index is 0.0141. The zero-order valence-corrected chi connectivity index (χ0v) is 19.4. The van der Waals surface area contributed by atoms with E-state index in [9.17, 15) is 0 Å². The van der Waals surface area contributed by atoms with Crippen molar-refractivity contribution in [1.82, 2.24) is 4.98 Å². The lowest BCUT2D eigenvalue weighted by molar-refractivity contribution is 0.660. The molecule has 5 aromatic carbocycles. The maximum atomic E-state index is 3.58. The molecule has 0 aliphatic heterocycles. The molecule has 1 aliphatic carbocycles. The average Bonchev–Trinajstić information content (AvgIpc) is 3.36. The number of hydrogen-bond donors (Lipinski definition) is 1. The standard InChI is InChI=1S/C33H25N/c1-33(2)29-12-5-3-10-25(29)26-16-14-23(19-30(26)33)21-8-7-9-22(18-21)24-15-17-28-27-11-4-6-13-31(27)34-32(28)20-24/h3-20,34H,1-2H3. The van der Waals surface area contributed by atoms with Crippen LogP contribution in [0, 0.1) is 0 Å². The van der Waals surface area contributed by atoms with Crippen LogP contribution in [0.3, 0.4) is 0 Å². The van der Waals surface area contributed by atoms with Crippen LogP contribution in [0.15, 0.2) is 109 Å². The second-order valence-electron chi connectivity index (χ2n) is 9.94. The fourth-order valence-corrected chi connectivity index (χ4v) is 5.80. The van der Waals surface area contributed by atoms with Gasteiger partial charge in [-0.3, -0.25) is 0 Å². The number of fused-ring (bicyclic) bond motifs is 6. The quantitative estimate of drug-likeness (QED) is 0.279. The maximum Gasteiger partial charge on any atom is 0.0471 e. The van der Waals surface area contributed by atoms with Gasteiger partial charge in [0.15, 0.2) is 0 Å². The molecule has 0 fully saturated rings. The fraction of sp³-hybridized carbons (Fsp3) is 0.0909. The van der Waals surface area contributed by atoms with Gasteiger partial charge in [0.05, 0.1) is 0 Å². The van der Waals surface area contributed by atoms with Gasteiger partial charge >= 0.3 is 0 Å². The van der Waals surface area contributed by atoms with Crippen LogP contribution in [-0.2, 0) is 5.41 Å². The highest BCUT2D eigenvalue weighted by Gasteiger charge is 2.35. The van der Waals surface area contributed by atoms with Gasteiger partial charge in [-0.15, -0.1) is 0 Å². The second kappa shape index (κ2) is 6.95. The van der Waals surface area contributed by atoms with Gasteiger partial charge in [-0.25, -0.2) is 0 Å². The van der Waals surface area contributed by atoms with Crippen molar-refractivity contribution in [2.45, 2.75) is 19.3 Å². The Balaban J connectivity index is 1.32. The lowest BCUT2D eigenvalue weighted by Crippen LogP contribution is -2.14. The van der Waals surface area contributed by atoms with Crippen molar-refractivity contribution >= 4 is 21.8 Å². The number of aromatic amines is 1. The molecule has 34 heavy (non-hydrogen) atoms. The lowest BCUT2D eigenvalue weighted by atomic mass is 9.81. The molecule has 1 nitrogen and oxygen atoms in total. The zero-order valence-electron chi connectivity index (χ0n) is 19.4. The highest BCUT2D eigenvalue weighted by molar-refractivity contribution is 6.08. The summed E-state index contributed by atoms with van der Waals surface area (Å²) in [5.74, 6) is 0. The molecule has 1 heterocycles. The van der Waals surface area contributed by atoms with Gasteiger partial charge in [-0.2, -0.15) is 0 Å². The maximum absolute atomic E-state index is 3.58. The molecule has 1 aliphatic rings. The SMILES string of the molecule is CC1(C)c2ccccc2-c2ccc(-c3cccc(-c4ccc5c(c4)[nH]c4ccccc45)c3)cc21. The average molecular weight is 436 g/mol. The Morgan fingerprint density at radius 2 is 1.12 bits per heavy atom. The number of para-hydroxylation sites is 1. The van der Waals surface area contributed by atoms with Gasteiger partial charge in [0.1, 0.15) is 0 Å². The van der Waals surface area contributed by atoms with Gasteiger partial charge in [-0.1, -0.05) is 98.8 Å². The molecule has 0 unspecified atom stereocenters. The molecule has 0 spiro atoms. The Labute approximate surface area is 199 Å². The van der Waals surface area contributed by atoms with Crippen LogP contribution in [0.2, 0.25) is 0 Å². The van der Waals surface area contributed by atoms with Gasteiger partial charge in [0.2, 0.25) is 0 Å². The predicted molar refractivity (Wildman–Crippen MR) is 144 cm³/mol. The molecule has 0 saturated heterocycles. The summed E-state index contributed by atoms with van der Waals surface area (Å²) in [6.45, 7) is 4.68. The van der Waals surface area contributed by atoms with E-state index in [1.807, 2.05) is 0 Å². The Morgan fingerprint density at radius 3 is 2.00 bits per heavy atom. The Morgan fingerprint density at radius 1 is 0.471 bits per heavy atom. The van der Waals surface area contributed by atoms with E-state index in [4.69, 9.17) is 0 Å². The summed E-state index contributed by atoms with van der Waals surface area (Å²) in [5.41, 5.74) is 12.9. The highest BCUT2D eigenvalue weighted by atomic mass is 14.7. The van der Waals surface area contributed by atoms with Crippen molar-refractivity contribution in [1.29, 1.82) is 0 Å². The Bertz CT molecular complexity index is 1730. The summed E-state index contributed by atoms with van der Waals surface area (Å²) in [6, 6.07) is 40.0. The molecular weight excluding hydrogens is 410 g/mol. The van der Waals surface area contributed by atoms with E-state index in [1.54, 1.807) is 0 Å². The van der Waals surface area contributed by atoms with Crippen LogP contribution in [0.5, 0.6) is 0 Å². The summed E-state index contributed by atoms with van der Waals surface area (Å²) in [4.78, 5) is 3.58. The molecule has 162 valence electrons. The van der Waals surface area contributed by atoms with E-state index in [-0.39, 0.29) is 5.41 Å². The Kier molecular flexibility index (Phi) is 3.96. The van der Waals surface area contributed by atoms with Crippen LogP contribution >= 0.6 is 0 Å². The minimum Gasteiger partial charge on any atom is -0.354 e. The van der Waals surface area contributed by atoms with Crippen molar-refractivity contribution in [2.75, 3.05) is 0 Å². The molecule has 0 radical (unpaired) electrons. The van der Waals surface area contributed by atoms with Crippen molar-refractivity contribution in [3.63, 3.8) is 0 Å². The first-order valence-corrected chi connectivity index (χ1v) is 12.0.